The topological polar surface area (TPSA) is 199 Å². The van der Waals surface area contributed by atoms with Crippen LogP contribution < -0.4 is 0 Å². The third-order valence-electron chi connectivity index (χ3n) is 5.24. The van der Waals surface area contributed by atoms with E-state index >= 15 is 0 Å². The van der Waals surface area contributed by atoms with Crippen LogP contribution in [0.3, 0.4) is 0 Å². The van der Waals surface area contributed by atoms with Crippen LogP contribution in [0.1, 0.15) is 12.8 Å². The van der Waals surface area contributed by atoms with E-state index in [1.807, 2.05) is 0 Å². The van der Waals surface area contributed by atoms with Crippen molar-refractivity contribution in [2.45, 2.75) is 80.5 Å². The summed E-state index contributed by atoms with van der Waals surface area (Å²) >= 11 is 0. The Morgan fingerprint density at radius 2 is 1.04 bits per heavy atom. The fourth-order valence-electron chi connectivity index (χ4n) is 3.25. The lowest BCUT2D eigenvalue weighted by Crippen LogP contribution is -2.61. The molecular weight excluding hydrogens is 384 g/mol. The van der Waals surface area contributed by atoms with Crippen molar-refractivity contribution in [1.82, 2.24) is 0 Å². The van der Waals surface area contributed by atoms with Gasteiger partial charge in [0.2, 0.25) is 0 Å². The molecule has 12 heteroatoms. The second kappa shape index (κ2) is 9.12. The summed E-state index contributed by atoms with van der Waals surface area (Å²) in [6, 6.07) is 0. The third kappa shape index (κ3) is 4.48. The standard InChI is InChI=1S/C16H28O12/c17-3-6-8(19)10(21)12(23)15(25-6)27-14(5-1-2-5)28-16-13(24)11(22)9(20)7(4-18)26-16/h5-24H,1-4H2/t6-,7-,8-,9-,10+,11+,12-,13-,14?,15?,16?/m1/s1. The Hall–Kier alpha value is -0.480. The van der Waals surface area contributed by atoms with E-state index in [9.17, 15) is 40.9 Å². The van der Waals surface area contributed by atoms with Crippen LogP contribution in [0.25, 0.3) is 0 Å². The Kier molecular flexibility index (Phi) is 7.23. The van der Waals surface area contributed by atoms with Crippen molar-refractivity contribution in [3.8, 4) is 0 Å². The van der Waals surface area contributed by atoms with Crippen LogP contribution in [0.4, 0.5) is 0 Å². The number of rotatable bonds is 7. The zero-order valence-corrected chi connectivity index (χ0v) is 15.0. The Morgan fingerprint density at radius 1 is 0.643 bits per heavy atom. The molecule has 2 unspecified atom stereocenters. The highest BCUT2D eigenvalue weighted by Gasteiger charge is 2.49. The van der Waals surface area contributed by atoms with E-state index in [4.69, 9.17) is 18.9 Å². The summed E-state index contributed by atoms with van der Waals surface area (Å²) in [5, 5.41) is 78.1. The second-order valence-electron chi connectivity index (χ2n) is 7.37. The maximum atomic E-state index is 10.1. The molecule has 2 saturated heterocycles. The third-order valence-corrected chi connectivity index (χ3v) is 5.24. The maximum Gasteiger partial charge on any atom is 0.189 e. The smallest absolute Gasteiger partial charge is 0.189 e. The Labute approximate surface area is 160 Å². The predicted octanol–water partition coefficient (Wildman–Crippen LogP) is -4.64. The van der Waals surface area contributed by atoms with E-state index in [-0.39, 0.29) is 5.92 Å². The van der Waals surface area contributed by atoms with E-state index in [1.165, 1.54) is 0 Å². The Bertz CT molecular complexity index is 462. The number of hydrogen-bond acceptors (Lipinski definition) is 12. The highest BCUT2D eigenvalue weighted by molar-refractivity contribution is 4.91. The molecule has 0 aromatic heterocycles. The first-order valence-electron chi connectivity index (χ1n) is 9.20. The van der Waals surface area contributed by atoms with Gasteiger partial charge in [-0.15, -0.1) is 0 Å². The molecule has 28 heavy (non-hydrogen) atoms. The second-order valence-corrected chi connectivity index (χ2v) is 7.37. The van der Waals surface area contributed by atoms with Crippen molar-refractivity contribution in [3.63, 3.8) is 0 Å². The van der Waals surface area contributed by atoms with Crippen molar-refractivity contribution in [2.24, 2.45) is 5.92 Å². The van der Waals surface area contributed by atoms with Crippen molar-refractivity contribution in [2.75, 3.05) is 13.2 Å². The van der Waals surface area contributed by atoms with Gasteiger partial charge >= 0.3 is 0 Å². The van der Waals surface area contributed by atoms with Crippen LogP contribution >= 0.6 is 0 Å². The fourth-order valence-corrected chi connectivity index (χ4v) is 3.25. The predicted molar refractivity (Wildman–Crippen MR) is 86.2 cm³/mol. The van der Waals surface area contributed by atoms with Gasteiger partial charge in [0.05, 0.1) is 13.2 Å². The van der Waals surface area contributed by atoms with E-state index in [2.05, 4.69) is 0 Å². The van der Waals surface area contributed by atoms with Crippen LogP contribution in [-0.4, -0.2) is 122 Å². The maximum absolute atomic E-state index is 10.1. The van der Waals surface area contributed by atoms with Crippen molar-refractivity contribution >= 4 is 0 Å². The summed E-state index contributed by atoms with van der Waals surface area (Å²) in [5.41, 5.74) is 0. The molecule has 3 fully saturated rings. The first-order valence-corrected chi connectivity index (χ1v) is 9.20. The molecule has 0 bridgehead atoms. The molecule has 0 amide bonds. The van der Waals surface area contributed by atoms with Gasteiger partial charge in [-0.25, -0.2) is 0 Å². The van der Waals surface area contributed by atoms with Gasteiger partial charge in [-0.3, -0.25) is 0 Å². The number of aliphatic hydroxyl groups is 8. The molecule has 0 spiro atoms. The Balaban J connectivity index is 1.67. The van der Waals surface area contributed by atoms with Crippen LogP contribution in [0.2, 0.25) is 0 Å². The van der Waals surface area contributed by atoms with Crippen LogP contribution in [0.15, 0.2) is 0 Å². The first kappa shape index (κ1) is 22.2. The summed E-state index contributed by atoms with van der Waals surface area (Å²) in [6.07, 6.45) is -14.5. The number of ether oxygens (including phenoxy) is 4. The van der Waals surface area contributed by atoms with Crippen LogP contribution in [0, 0.1) is 5.92 Å². The zero-order valence-electron chi connectivity index (χ0n) is 15.0. The molecule has 2 heterocycles. The van der Waals surface area contributed by atoms with Crippen molar-refractivity contribution < 1.29 is 59.8 Å². The van der Waals surface area contributed by atoms with Gasteiger partial charge in [0.25, 0.3) is 0 Å². The molecule has 0 aromatic rings. The minimum Gasteiger partial charge on any atom is -0.394 e. The average Bonchev–Trinajstić information content (AvgIpc) is 3.53. The van der Waals surface area contributed by atoms with Gasteiger partial charge in [0, 0.05) is 5.92 Å². The monoisotopic (exact) mass is 412 g/mol. The highest BCUT2D eigenvalue weighted by Crippen LogP contribution is 2.38. The normalized spacial score (nSPS) is 48.4. The molecule has 3 rings (SSSR count). The number of hydrogen-bond donors (Lipinski definition) is 8. The van der Waals surface area contributed by atoms with Gasteiger partial charge < -0.3 is 59.8 Å². The zero-order chi connectivity index (χ0) is 20.6. The SMILES string of the molecule is OC[C@H]1OC(OC(OC2O[C@H](CO)[C@@H](O)[C@H](O)[C@H]2O)C2CC2)[C@H](O)[C@@H](O)[C@@H]1O. The lowest BCUT2D eigenvalue weighted by molar-refractivity contribution is -0.381. The van der Waals surface area contributed by atoms with Gasteiger partial charge in [-0.05, 0) is 12.8 Å². The van der Waals surface area contributed by atoms with Crippen LogP contribution in [0.5, 0.6) is 0 Å². The van der Waals surface area contributed by atoms with Gasteiger partial charge in [0.15, 0.2) is 18.9 Å². The summed E-state index contributed by atoms with van der Waals surface area (Å²) in [4.78, 5) is 0. The lowest BCUT2D eigenvalue weighted by atomic mass is 9.99. The van der Waals surface area contributed by atoms with Crippen molar-refractivity contribution in [3.05, 3.63) is 0 Å². The molecule has 0 radical (unpaired) electrons. The van der Waals surface area contributed by atoms with Crippen molar-refractivity contribution in [1.29, 1.82) is 0 Å². The van der Waals surface area contributed by atoms with Gasteiger partial charge in [-0.2, -0.15) is 0 Å². The van der Waals surface area contributed by atoms with Crippen LogP contribution in [-0.2, 0) is 18.9 Å². The quantitative estimate of drug-likeness (QED) is 0.186. The van der Waals surface area contributed by atoms with E-state index in [0.29, 0.717) is 12.8 Å². The molecule has 2 aliphatic heterocycles. The van der Waals surface area contributed by atoms with E-state index < -0.39 is 80.9 Å². The summed E-state index contributed by atoms with van der Waals surface area (Å²) in [5.74, 6) is -0.153. The minimum absolute atomic E-state index is 0.153. The largest absolute Gasteiger partial charge is 0.394 e. The molecule has 1 saturated carbocycles. The highest BCUT2D eigenvalue weighted by atomic mass is 16.8. The average molecular weight is 412 g/mol. The molecule has 164 valence electrons. The molecule has 12 nitrogen and oxygen atoms in total. The number of aliphatic hydroxyl groups excluding tert-OH is 8. The molecule has 0 aromatic carbocycles. The molecule has 8 N–H and O–H groups in total. The molecule has 3 aliphatic rings. The Morgan fingerprint density at radius 3 is 1.36 bits per heavy atom. The van der Waals surface area contributed by atoms with E-state index in [0.717, 1.165) is 0 Å². The summed E-state index contributed by atoms with van der Waals surface area (Å²) in [7, 11) is 0. The first-order chi connectivity index (χ1) is 13.3. The lowest BCUT2D eigenvalue weighted by Gasteiger charge is -2.43. The minimum atomic E-state index is -1.63. The fraction of sp³-hybridized carbons (Fsp3) is 1.00. The van der Waals surface area contributed by atoms with Gasteiger partial charge in [0.1, 0.15) is 48.8 Å². The molecule has 10 atom stereocenters. The summed E-state index contributed by atoms with van der Waals surface area (Å²) in [6.45, 7) is -1.24. The molecule has 1 aliphatic carbocycles. The molecular formula is C16H28O12. The van der Waals surface area contributed by atoms with E-state index in [1.54, 1.807) is 0 Å². The summed E-state index contributed by atoms with van der Waals surface area (Å²) < 4.78 is 21.8. The van der Waals surface area contributed by atoms with Gasteiger partial charge in [-0.1, -0.05) is 0 Å².